The van der Waals surface area contributed by atoms with Crippen molar-refractivity contribution in [1.82, 2.24) is 4.98 Å². The van der Waals surface area contributed by atoms with E-state index in [2.05, 4.69) is 4.98 Å². The predicted octanol–water partition coefficient (Wildman–Crippen LogP) is 1.21. The van der Waals surface area contributed by atoms with Crippen molar-refractivity contribution in [2.75, 3.05) is 0 Å². The van der Waals surface area contributed by atoms with Gasteiger partial charge in [0.2, 0.25) is 0 Å². The number of aromatic nitrogens is 1. The van der Waals surface area contributed by atoms with Crippen LogP contribution < -0.4 is 5.73 Å². The highest BCUT2D eigenvalue weighted by molar-refractivity contribution is 6.31. The molecule has 0 bridgehead atoms. The van der Waals surface area contributed by atoms with Gasteiger partial charge in [0.05, 0.1) is 6.42 Å². The lowest BCUT2D eigenvalue weighted by atomic mass is 10.1. The van der Waals surface area contributed by atoms with Gasteiger partial charge in [-0.05, 0) is 6.07 Å². The van der Waals surface area contributed by atoms with Gasteiger partial charge in [-0.1, -0.05) is 11.6 Å². The summed E-state index contributed by atoms with van der Waals surface area (Å²) in [5.74, 6) is -0.951. The van der Waals surface area contributed by atoms with Crippen molar-refractivity contribution in [2.45, 2.75) is 12.5 Å². The van der Waals surface area contributed by atoms with E-state index in [-0.39, 0.29) is 6.42 Å². The number of rotatable bonds is 3. The first-order chi connectivity index (χ1) is 6.11. The number of halogens is 1. The Balaban J connectivity index is 2.82. The Morgan fingerprint density at radius 2 is 2.46 bits per heavy atom. The molecule has 1 rings (SSSR count). The fraction of sp³-hybridized carbons (Fsp3) is 0.250. The number of hydrogen-bond donors (Lipinski definition) is 2. The van der Waals surface area contributed by atoms with Gasteiger partial charge in [0.1, 0.15) is 0 Å². The third-order valence-corrected chi connectivity index (χ3v) is 1.93. The van der Waals surface area contributed by atoms with Crippen LogP contribution >= 0.6 is 11.6 Å². The van der Waals surface area contributed by atoms with Crippen molar-refractivity contribution in [1.29, 1.82) is 0 Å². The molecule has 0 radical (unpaired) electrons. The van der Waals surface area contributed by atoms with E-state index in [1.807, 2.05) is 0 Å². The third-order valence-electron chi connectivity index (χ3n) is 1.59. The maximum Gasteiger partial charge on any atom is 0.305 e. The van der Waals surface area contributed by atoms with Crippen molar-refractivity contribution >= 4 is 17.6 Å². The minimum Gasteiger partial charge on any atom is -0.481 e. The molecule has 1 aromatic rings. The average molecular weight is 201 g/mol. The Kier molecular flexibility index (Phi) is 3.22. The highest BCUT2D eigenvalue weighted by atomic mass is 35.5. The summed E-state index contributed by atoms with van der Waals surface area (Å²) in [5.41, 5.74) is 6.15. The smallest absolute Gasteiger partial charge is 0.305 e. The molecule has 1 aromatic heterocycles. The first-order valence-electron chi connectivity index (χ1n) is 3.68. The topological polar surface area (TPSA) is 76.2 Å². The molecule has 1 atom stereocenters. The molecular formula is C8H9ClN2O2. The number of carboxylic acids is 1. The Morgan fingerprint density at radius 1 is 1.77 bits per heavy atom. The summed E-state index contributed by atoms with van der Waals surface area (Å²) in [6.45, 7) is 0. The molecule has 1 heterocycles. The molecule has 3 N–H and O–H groups in total. The summed E-state index contributed by atoms with van der Waals surface area (Å²) in [7, 11) is 0. The van der Waals surface area contributed by atoms with Gasteiger partial charge in [-0.3, -0.25) is 9.78 Å². The zero-order valence-corrected chi connectivity index (χ0v) is 7.53. The molecule has 70 valence electrons. The minimum absolute atomic E-state index is 0.147. The van der Waals surface area contributed by atoms with Gasteiger partial charge in [0, 0.05) is 29.0 Å². The van der Waals surface area contributed by atoms with E-state index >= 15 is 0 Å². The number of carbonyl (C=O) groups is 1. The fourth-order valence-corrected chi connectivity index (χ4v) is 1.21. The Hall–Kier alpha value is -1.13. The van der Waals surface area contributed by atoms with Crippen LogP contribution in [-0.4, -0.2) is 16.1 Å². The largest absolute Gasteiger partial charge is 0.481 e. The second-order valence-electron chi connectivity index (χ2n) is 2.60. The third kappa shape index (κ3) is 2.68. The Morgan fingerprint density at radius 3 is 3.00 bits per heavy atom. The van der Waals surface area contributed by atoms with Crippen LogP contribution in [0.2, 0.25) is 5.02 Å². The van der Waals surface area contributed by atoms with E-state index in [0.29, 0.717) is 10.6 Å². The molecule has 0 aliphatic rings. The van der Waals surface area contributed by atoms with Crippen LogP contribution in [-0.2, 0) is 4.79 Å². The molecule has 0 amide bonds. The second-order valence-corrected chi connectivity index (χ2v) is 3.01. The van der Waals surface area contributed by atoms with Crippen molar-refractivity contribution in [3.05, 3.63) is 29.0 Å². The zero-order valence-electron chi connectivity index (χ0n) is 6.77. The monoisotopic (exact) mass is 200 g/mol. The molecule has 0 aromatic carbocycles. The fourth-order valence-electron chi connectivity index (χ4n) is 0.961. The molecule has 0 aliphatic carbocycles. The lowest BCUT2D eigenvalue weighted by molar-refractivity contribution is -0.137. The van der Waals surface area contributed by atoms with Gasteiger partial charge < -0.3 is 10.8 Å². The van der Waals surface area contributed by atoms with Gasteiger partial charge >= 0.3 is 5.97 Å². The van der Waals surface area contributed by atoms with E-state index < -0.39 is 12.0 Å². The normalized spacial score (nSPS) is 12.5. The number of nitrogens with two attached hydrogens (primary N) is 1. The molecule has 4 nitrogen and oxygen atoms in total. The molecule has 0 saturated heterocycles. The summed E-state index contributed by atoms with van der Waals surface area (Å²) in [4.78, 5) is 14.2. The van der Waals surface area contributed by atoms with Crippen molar-refractivity contribution in [2.24, 2.45) is 5.73 Å². The van der Waals surface area contributed by atoms with E-state index in [4.69, 9.17) is 22.4 Å². The van der Waals surface area contributed by atoms with Crippen LogP contribution in [0.1, 0.15) is 18.0 Å². The average Bonchev–Trinajstić information content (AvgIpc) is 2.03. The lowest BCUT2D eigenvalue weighted by Crippen LogP contribution is -2.15. The second kappa shape index (κ2) is 4.20. The van der Waals surface area contributed by atoms with Gasteiger partial charge in [-0.2, -0.15) is 0 Å². The molecule has 13 heavy (non-hydrogen) atoms. The van der Waals surface area contributed by atoms with E-state index in [9.17, 15) is 4.79 Å². The molecule has 0 spiro atoms. The van der Waals surface area contributed by atoms with Crippen LogP contribution in [0.4, 0.5) is 0 Å². The zero-order chi connectivity index (χ0) is 9.84. The molecule has 0 fully saturated rings. The Labute approximate surface area is 80.3 Å². The van der Waals surface area contributed by atoms with Crippen LogP contribution in [0.5, 0.6) is 0 Å². The summed E-state index contributed by atoms with van der Waals surface area (Å²) < 4.78 is 0. The van der Waals surface area contributed by atoms with Gasteiger partial charge in [-0.15, -0.1) is 0 Å². The van der Waals surface area contributed by atoms with Crippen LogP contribution in [0, 0.1) is 0 Å². The molecule has 5 heteroatoms. The van der Waals surface area contributed by atoms with E-state index in [1.54, 1.807) is 6.07 Å². The minimum atomic E-state index is -0.951. The Bertz CT molecular complexity index is 317. The van der Waals surface area contributed by atoms with Crippen LogP contribution in [0.25, 0.3) is 0 Å². The molecule has 0 aliphatic heterocycles. The van der Waals surface area contributed by atoms with E-state index in [1.165, 1.54) is 12.4 Å². The number of aliphatic carboxylic acids is 1. The highest BCUT2D eigenvalue weighted by Crippen LogP contribution is 2.21. The summed E-state index contributed by atoms with van der Waals surface area (Å²) in [6, 6.07) is 0.984. The SMILES string of the molecule is NC(CC(=O)O)c1cnccc1Cl. The predicted molar refractivity (Wildman–Crippen MR) is 48.4 cm³/mol. The van der Waals surface area contributed by atoms with Crippen LogP contribution in [0.15, 0.2) is 18.5 Å². The van der Waals surface area contributed by atoms with Gasteiger partial charge in [-0.25, -0.2) is 0 Å². The highest BCUT2D eigenvalue weighted by Gasteiger charge is 2.13. The van der Waals surface area contributed by atoms with Gasteiger partial charge in [0.25, 0.3) is 0 Å². The summed E-state index contributed by atoms with van der Waals surface area (Å²) in [5, 5.41) is 8.94. The molecule has 1 unspecified atom stereocenters. The maximum absolute atomic E-state index is 10.4. The van der Waals surface area contributed by atoms with Crippen molar-refractivity contribution in [3.8, 4) is 0 Å². The number of pyridine rings is 1. The number of nitrogens with zero attached hydrogens (tertiary/aromatic N) is 1. The quantitative estimate of drug-likeness (QED) is 0.769. The van der Waals surface area contributed by atoms with Gasteiger partial charge in [0.15, 0.2) is 0 Å². The molecule has 0 saturated carbocycles. The lowest BCUT2D eigenvalue weighted by Gasteiger charge is -2.09. The first-order valence-corrected chi connectivity index (χ1v) is 4.06. The van der Waals surface area contributed by atoms with Crippen LogP contribution in [0.3, 0.4) is 0 Å². The van der Waals surface area contributed by atoms with Crippen molar-refractivity contribution in [3.63, 3.8) is 0 Å². The first kappa shape index (κ1) is 9.95. The van der Waals surface area contributed by atoms with Crippen molar-refractivity contribution < 1.29 is 9.90 Å². The summed E-state index contributed by atoms with van der Waals surface area (Å²) >= 11 is 5.79. The van der Waals surface area contributed by atoms with E-state index in [0.717, 1.165) is 0 Å². The molecular weight excluding hydrogens is 192 g/mol. The number of hydrogen-bond acceptors (Lipinski definition) is 3. The standard InChI is InChI=1S/C8H9ClN2O2/c9-6-1-2-11-4-5(6)7(10)3-8(12)13/h1-2,4,7H,3,10H2,(H,12,13). The summed E-state index contributed by atoms with van der Waals surface area (Å²) in [6.07, 6.45) is 2.86. The number of carboxylic acid groups (broad SMARTS) is 1. The maximum atomic E-state index is 10.4.